The Bertz CT molecular complexity index is 1260. The minimum Gasteiger partial charge on any atom is -0.301 e. The number of carbonyl (C=O) groups excluding carboxylic acids is 2. The van der Waals surface area contributed by atoms with Gasteiger partial charge in [0.05, 0.1) is 28.1 Å². The number of nitrogens with zero attached hydrogens (tertiary/aromatic N) is 4. The molecule has 0 N–H and O–H groups in total. The van der Waals surface area contributed by atoms with Gasteiger partial charge < -0.3 is 4.90 Å². The van der Waals surface area contributed by atoms with Crippen LogP contribution in [-0.2, 0) is 25.8 Å². The predicted octanol–water partition coefficient (Wildman–Crippen LogP) is 4.46. The first-order valence-electron chi connectivity index (χ1n) is 13.2. The fourth-order valence-corrected chi connectivity index (χ4v) is 6.16. The van der Waals surface area contributed by atoms with Crippen LogP contribution in [0.25, 0.3) is 0 Å². The molecular weight excluding hydrogens is 533 g/mol. The number of hydrogen-bond acceptors (Lipinski definition) is 6. The van der Waals surface area contributed by atoms with Crippen LogP contribution in [0.1, 0.15) is 70.4 Å². The van der Waals surface area contributed by atoms with Crippen molar-refractivity contribution in [3.05, 3.63) is 40.5 Å². The monoisotopic (exact) mass is 568 g/mol. The van der Waals surface area contributed by atoms with Gasteiger partial charge in [-0.15, -0.1) is 0 Å². The largest absolute Gasteiger partial charge is 0.417 e. The first-order valence-corrected chi connectivity index (χ1v) is 14.7. The molecular formula is C27H35F3N4O4S. The van der Waals surface area contributed by atoms with Gasteiger partial charge in [0.2, 0.25) is 10.0 Å². The Morgan fingerprint density at radius 2 is 1.59 bits per heavy atom. The number of benzene rings is 1. The summed E-state index contributed by atoms with van der Waals surface area (Å²) >= 11 is 0. The van der Waals surface area contributed by atoms with Gasteiger partial charge >= 0.3 is 6.18 Å². The average Bonchev–Trinajstić information content (AvgIpc) is 3.10. The lowest BCUT2D eigenvalue weighted by atomic mass is 10.0. The lowest BCUT2D eigenvalue weighted by Gasteiger charge is -2.34. The van der Waals surface area contributed by atoms with E-state index in [1.165, 1.54) is 19.1 Å². The van der Waals surface area contributed by atoms with Gasteiger partial charge in [0.15, 0.2) is 0 Å². The fourth-order valence-electron chi connectivity index (χ4n) is 4.89. The summed E-state index contributed by atoms with van der Waals surface area (Å²) in [5.41, 5.74) is -1.41. The van der Waals surface area contributed by atoms with Crippen molar-refractivity contribution in [1.82, 2.24) is 9.21 Å². The Morgan fingerprint density at radius 3 is 2.18 bits per heavy atom. The van der Waals surface area contributed by atoms with Crippen molar-refractivity contribution >= 4 is 27.5 Å². The lowest BCUT2D eigenvalue weighted by Crippen LogP contribution is -2.50. The molecule has 1 aromatic rings. The van der Waals surface area contributed by atoms with Crippen molar-refractivity contribution in [1.29, 1.82) is 5.26 Å². The van der Waals surface area contributed by atoms with Crippen molar-refractivity contribution in [2.75, 3.05) is 37.6 Å². The third kappa shape index (κ3) is 7.07. The topological polar surface area (TPSA) is 102 Å². The summed E-state index contributed by atoms with van der Waals surface area (Å²) in [6, 6.07) is 4.32. The highest BCUT2D eigenvalue weighted by Gasteiger charge is 2.39. The number of nitriles is 1. The predicted molar refractivity (Wildman–Crippen MR) is 141 cm³/mol. The molecule has 0 unspecified atom stereocenters. The summed E-state index contributed by atoms with van der Waals surface area (Å²) in [7, 11) is -3.21. The lowest BCUT2D eigenvalue weighted by molar-refractivity contribution is -0.138. The molecule has 8 nitrogen and oxygen atoms in total. The van der Waals surface area contributed by atoms with E-state index in [9.17, 15) is 31.2 Å². The van der Waals surface area contributed by atoms with Gasteiger partial charge in [-0.25, -0.2) is 13.3 Å². The number of halogens is 3. The van der Waals surface area contributed by atoms with Gasteiger partial charge in [-0.2, -0.15) is 22.7 Å². The standard InChI is InChI=1S/C27H35F3N4O4S/c1-19(2)39(37,38)33-15-13-32(14-16-33)12-8-6-4-5-7-9-23-20(3)25(35)34(26(23)36)22-11-10-21(18-31)24(17-22)27(28,29)30/h10-11,17,19H,4-9,12-16H2,1-3H3. The van der Waals surface area contributed by atoms with E-state index in [1.54, 1.807) is 18.2 Å². The minimum absolute atomic E-state index is 0.201. The molecule has 2 heterocycles. The number of amides is 2. The molecule has 214 valence electrons. The molecule has 2 amide bonds. The van der Waals surface area contributed by atoms with E-state index in [-0.39, 0.29) is 11.3 Å². The van der Waals surface area contributed by atoms with Crippen molar-refractivity contribution in [3.8, 4) is 6.07 Å². The van der Waals surface area contributed by atoms with E-state index in [1.807, 2.05) is 0 Å². The quantitative estimate of drug-likeness (QED) is 0.289. The van der Waals surface area contributed by atoms with Gasteiger partial charge in [-0.1, -0.05) is 19.3 Å². The maximum absolute atomic E-state index is 13.4. The summed E-state index contributed by atoms with van der Waals surface area (Å²) in [5.74, 6) is -1.26. The summed E-state index contributed by atoms with van der Waals surface area (Å²) in [5, 5.41) is 8.58. The highest BCUT2D eigenvalue weighted by atomic mass is 32.2. The number of piperazine rings is 1. The zero-order valence-corrected chi connectivity index (χ0v) is 23.4. The summed E-state index contributed by atoms with van der Waals surface area (Å²) in [6.07, 6.45) is -0.0236. The van der Waals surface area contributed by atoms with Gasteiger partial charge in [0.25, 0.3) is 11.8 Å². The van der Waals surface area contributed by atoms with Gasteiger partial charge in [0, 0.05) is 37.3 Å². The Hall–Kier alpha value is -2.75. The van der Waals surface area contributed by atoms with Crippen molar-refractivity contribution in [2.24, 2.45) is 0 Å². The van der Waals surface area contributed by atoms with Crippen LogP contribution in [0, 0.1) is 11.3 Å². The number of hydrogen-bond donors (Lipinski definition) is 0. The molecule has 0 bridgehead atoms. The molecule has 1 aromatic carbocycles. The SMILES string of the molecule is CC1=C(CCCCCCCN2CCN(S(=O)(=O)C(C)C)CC2)C(=O)N(c2ccc(C#N)c(C(F)(F)F)c2)C1=O. The molecule has 2 aliphatic rings. The summed E-state index contributed by atoms with van der Waals surface area (Å²) < 4.78 is 66.2. The number of unbranched alkanes of at least 4 members (excludes halogenated alkanes) is 4. The van der Waals surface area contributed by atoms with Crippen LogP contribution in [0.15, 0.2) is 29.3 Å². The second-order valence-electron chi connectivity index (χ2n) is 10.2. The Balaban J connectivity index is 1.43. The summed E-state index contributed by atoms with van der Waals surface area (Å²) in [4.78, 5) is 28.7. The normalized spacial score (nSPS) is 17.9. The van der Waals surface area contributed by atoms with Crippen LogP contribution in [-0.4, -0.2) is 67.4 Å². The number of carbonyl (C=O) groups is 2. The molecule has 0 aromatic heterocycles. The molecule has 12 heteroatoms. The third-order valence-corrected chi connectivity index (χ3v) is 9.59. The Kier molecular flexibility index (Phi) is 9.96. The number of rotatable bonds is 11. The second-order valence-corrected chi connectivity index (χ2v) is 12.7. The van der Waals surface area contributed by atoms with E-state index in [4.69, 9.17) is 5.26 Å². The number of alkyl halides is 3. The van der Waals surface area contributed by atoms with Crippen LogP contribution >= 0.6 is 0 Å². The van der Waals surface area contributed by atoms with Crippen LogP contribution in [0.3, 0.4) is 0 Å². The van der Waals surface area contributed by atoms with Crippen molar-refractivity contribution in [2.45, 2.75) is 70.7 Å². The zero-order chi connectivity index (χ0) is 29.0. The zero-order valence-electron chi connectivity index (χ0n) is 22.6. The van der Waals surface area contributed by atoms with Gasteiger partial charge in [0.1, 0.15) is 0 Å². The van der Waals surface area contributed by atoms with Crippen molar-refractivity contribution < 1.29 is 31.2 Å². The molecule has 39 heavy (non-hydrogen) atoms. The third-order valence-electron chi connectivity index (χ3n) is 7.31. The molecule has 1 fully saturated rings. The number of sulfonamides is 1. The van der Waals surface area contributed by atoms with Crippen LogP contribution in [0.4, 0.5) is 18.9 Å². The summed E-state index contributed by atoms with van der Waals surface area (Å²) in [6.45, 7) is 8.25. The molecule has 1 saturated heterocycles. The highest BCUT2D eigenvalue weighted by molar-refractivity contribution is 7.89. The molecule has 3 rings (SSSR count). The van der Waals surface area contributed by atoms with E-state index in [2.05, 4.69) is 4.90 Å². The highest BCUT2D eigenvalue weighted by Crippen LogP contribution is 2.37. The Labute approximate surface area is 228 Å². The molecule has 2 aliphatic heterocycles. The first kappa shape index (κ1) is 30.8. The van der Waals surface area contributed by atoms with Crippen LogP contribution in [0.2, 0.25) is 0 Å². The average molecular weight is 569 g/mol. The first-order chi connectivity index (χ1) is 18.3. The molecule has 0 spiro atoms. The fraction of sp³-hybridized carbons (Fsp3) is 0.593. The molecule has 0 radical (unpaired) electrons. The van der Waals surface area contributed by atoms with E-state index < -0.39 is 44.4 Å². The minimum atomic E-state index is -4.79. The van der Waals surface area contributed by atoms with Gasteiger partial charge in [-0.05, 0) is 64.8 Å². The van der Waals surface area contributed by atoms with E-state index in [0.29, 0.717) is 37.6 Å². The Morgan fingerprint density at radius 1 is 0.974 bits per heavy atom. The van der Waals surface area contributed by atoms with E-state index in [0.717, 1.165) is 56.3 Å². The van der Waals surface area contributed by atoms with E-state index >= 15 is 0 Å². The van der Waals surface area contributed by atoms with Crippen molar-refractivity contribution in [3.63, 3.8) is 0 Å². The molecule has 0 saturated carbocycles. The maximum Gasteiger partial charge on any atom is 0.417 e. The van der Waals surface area contributed by atoms with Gasteiger partial charge in [-0.3, -0.25) is 9.59 Å². The molecule has 0 atom stereocenters. The maximum atomic E-state index is 13.4. The molecule has 0 aliphatic carbocycles. The van der Waals surface area contributed by atoms with Crippen LogP contribution in [0.5, 0.6) is 0 Å². The van der Waals surface area contributed by atoms with Crippen LogP contribution < -0.4 is 4.90 Å². The smallest absolute Gasteiger partial charge is 0.301 e. The number of anilines is 1. The number of imide groups is 1. The second kappa shape index (κ2) is 12.6.